The van der Waals surface area contributed by atoms with Crippen LogP contribution < -0.4 is 5.73 Å². The summed E-state index contributed by atoms with van der Waals surface area (Å²) in [5.74, 6) is -8.88. The van der Waals surface area contributed by atoms with E-state index in [0.29, 0.717) is 22.1 Å². The number of hydrogen-bond acceptors (Lipinski definition) is 17. The minimum Gasteiger partial charge on any atom is -0.458 e. The smallest absolute Gasteiger partial charge is 0.317 e. The highest BCUT2D eigenvalue weighted by molar-refractivity contribution is 7.14. The second-order valence-corrected chi connectivity index (χ2v) is 18.2. The van der Waals surface area contributed by atoms with E-state index in [-0.39, 0.29) is 36.6 Å². The van der Waals surface area contributed by atoms with Crippen molar-refractivity contribution in [3.8, 4) is 10.7 Å². The molecule has 2 aromatic heterocycles. The van der Waals surface area contributed by atoms with Crippen molar-refractivity contribution in [2.24, 2.45) is 46.4 Å². The zero-order valence-corrected chi connectivity index (χ0v) is 37.5. The third-order valence-corrected chi connectivity index (χ3v) is 13.8. The highest BCUT2D eigenvalue weighted by Gasteiger charge is 2.62. The van der Waals surface area contributed by atoms with Gasteiger partial charge in [0.15, 0.2) is 39.6 Å². The van der Waals surface area contributed by atoms with E-state index in [1.54, 1.807) is 60.7 Å². The standard InChI is InChI=1S/C42H62N6O11S/c1-13-28-42(9)30(29(39(53)58-42)35(43)47-59-25(7)36-45-46-37(60-36)26-16-14-15-17-44-26)22(4)31(49)20(2)19-41(8,54-12)34(23(5)32(50)24(6)38(52)56-28)57-40-33(51)27(48(10)11)18-21(3)55-40/h14-17,20-25,27-30,33-34,40,51H,13,18-19H2,1-12H3,(H2,43,47)/t20-,21-,22-,23+,24-,25+,27+,28-,29-,30+,33-,34-,40+,41-,42-/m1/s1. The molecule has 0 aliphatic carbocycles. The first-order valence-corrected chi connectivity index (χ1v) is 21.5. The van der Waals surface area contributed by atoms with Crippen LogP contribution in [0.5, 0.6) is 0 Å². The van der Waals surface area contributed by atoms with Crippen LogP contribution in [0, 0.1) is 35.5 Å². The molecule has 18 heteroatoms. The summed E-state index contributed by atoms with van der Waals surface area (Å²) >= 11 is 1.26. The highest BCUT2D eigenvalue weighted by atomic mass is 32.1. The van der Waals surface area contributed by atoms with E-state index in [0.717, 1.165) is 0 Å². The van der Waals surface area contributed by atoms with Gasteiger partial charge in [0, 0.05) is 43.0 Å². The first kappa shape index (κ1) is 47.1. The number of aliphatic hydroxyl groups excluding tert-OH is 1. The van der Waals surface area contributed by atoms with Crippen LogP contribution in [-0.2, 0) is 47.7 Å². The number of hydrogen-bond donors (Lipinski definition) is 2. The van der Waals surface area contributed by atoms with Crippen LogP contribution in [0.3, 0.4) is 0 Å². The van der Waals surface area contributed by atoms with Crippen LogP contribution in [0.25, 0.3) is 10.7 Å². The lowest BCUT2D eigenvalue weighted by Crippen LogP contribution is -2.59. The molecule has 2 aromatic rings. The van der Waals surface area contributed by atoms with Gasteiger partial charge in [-0.05, 0) is 80.1 Å². The Morgan fingerprint density at radius 3 is 2.38 bits per heavy atom. The van der Waals surface area contributed by atoms with Crippen LogP contribution in [0.15, 0.2) is 29.6 Å². The number of carbonyl (C=O) groups is 4. The number of amidine groups is 1. The van der Waals surface area contributed by atoms with E-state index < -0.39 is 95.1 Å². The number of likely N-dealkylation sites (N-methyl/N-ethyl adjacent to an activating group) is 1. The maximum atomic E-state index is 14.8. The van der Waals surface area contributed by atoms with Crippen LogP contribution in [0.4, 0.5) is 0 Å². The van der Waals surface area contributed by atoms with Crippen LogP contribution in [0.2, 0.25) is 0 Å². The van der Waals surface area contributed by atoms with Gasteiger partial charge in [-0.1, -0.05) is 50.3 Å². The molecule has 0 amide bonds. The van der Waals surface area contributed by atoms with E-state index in [9.17, 15) is 24.3 Å². The maximum absolute atomic E-state index is 14.8. The fourth-order valence-corrected chi connectivity index (χ4v) is 9.97. The Hall–Kier alpha value is -3.94. The molecule has 332 valence electrons. The molecule has 17 nitrogen and oxygen atoms in total. The summed E-state index contributed by atoms with van der Waals surface area (Å²) in [6.07, 6.45) is -3.03. The van der Waals surface area contributed by atoms with Crippen LogP contribution in [0.1, 0.15) is 92.7 Å². The average Bonchev–Trinajstić information content (AvgIpc) is 3.83. The summed E-state index contributed by atoms with van der Waals surface area (Å²) < 4.78 is 31.1. The number of aliphatic hydroxyl groups is 1. The minimum atomic E-state index is -1.58. The van der Waals surface area contributed by atoms with Crippen molar-refractivity contribution >= 4 is 40.7 Å². The molecule has 3 N–H and O–H groups in total. The number of oxime groups is 1. The van der Waals surface area contributed by atoms with Gasteiger partial charge in [-0.25, -0.2) is 0 Å². The lowest BCUT2D eigenvalue weighted by molar-refractivity contribution is -0.295. The van der Waals surface area contributed by atoms with E-state index >= 15 is 0 Å². The van der Waals surface area contributed by atoms with Crippen molar-refractivity contribution in [2.75, 3.05) is 21.2 Å². The molecule has 5 heterocycles. The van der Waals surface area contributed by atoms with Gasteiger partial charge >= 0.3 is 11.9 Å². The normalized spacial score (nSPS) is 37.9. The first-order chi connectivity index (χ1) is 28.2. The fraction of sp³-hybridized carbons (Fsp3) is 0.714. The predicted octanol–water partition coefficient (Wildman–Crippen LogP) is 4.12. The Balaban J connectivity index is 1.51. The van der Waals surface area contributed by atoms with Crippen molar-refractivity contribution in [1.29, 1.82) is 0 Å². The van der Waals surface area contributed by atoms with Gasteiger partial charge in [-0.3, -0.25) is 24.2 Å². The number of aromatic nitrogens is 3. The summed E-state index contributed by atoms with van der Waals surface area (Å²) in [6.45, 7) is 15.2. The van der Waals surface area contributed by atoms with Gasteiger partial charge in [0.25, 0.3) is 0 Å². The van der Waals surface area contributed by atoms with Crippen molar-refractivity contribution in [2.45, 2.75) is 136 Å². The fourth-order valence-electron chi connectivity index (χ4n) is 9.18. The van der Waals surface area contributed by atoms with Gasteiger partial charge < -0.3 is 44.3 Å². The van der Waals surface area contributed by atoms with Gasteiger partial charge in [0.2, 0.25) is 0 Å². The number of carbonyl (C=O) groups excluding carboxylic acids is 4. The maximum Gasteiger partial charge on any atom is 0.317 e. The van der Waals surface area contributed by atoms with E-state index in [4.69, 9.17) is 34.3 Å². The molecular formula is C42H62N6O11S. The molecule has 0 radical (unpaired) electrons. The number of rotatable bonds is 10. The Labute approximate surface area is 356 Å². The monoisotopic (exact) mass is 858 g/mol. The minimum absolute atomic E-state index is 0.0515. The second-order valence-electron chi connectivity index (χ2n) is 17.2. The molecule has 3 aliphatic heterocycles. The summed E-state index contributed by atoms with van der Waals surface area (Å²) in [4.78, 5) is 69.1. The van der Waals surface area contributed by atoms with E-state index in [1.807, 2.05) is 38.1 Å². The molecule has 0 unspecified atom stereocenters. The Morgan fingerprint density at radius 2 is 1.77 bits per heavy atom. The zero-order valence-electron chi connectivity index (χ0n) is 36.7. The summed E-state index contributed by atoms with van der Waals surface area (Å²) in [7, 11) is 5.17. The highest BCUT2D eigenvalue weighted by Crippen LogP contribution is 2.48. The quantitative estimate of drug-likeness (QED) is 0.113. The molecule has 3 saturated heterocycles. The Bertz CT molecular complexity index is 1880. The number of fused-ring (bicyclic) bond motifs is 1. The molecule has 5 rings (SSSR count). The van der Waals surface area contributed by atoms with Crippen molar-refractivity contribution in [1.82, 2.24) is 20.1 Å². The molecule has 3 fully saturated rings. The van der Waals surface area contributed by atoms with Gasteiger partial charge in [-0.2, -0.15) is 0 Å². The summed E-state index contributed by atoms with van der Waals surface area (Å²) in [6, 6.07) is 5.14. The zero-order chi connectivity index (χ0) is 44.4. The number of cyclic esters (lactones) is 1. The molecule has 0 saturated carbocycles. The van der Waals surface area contributed by atoms with E-state index in [2.05, 4.69) is 20.3 Å². The topological polar surface area (TPSA) is 224 Å². The third-order valence-electron chi connectivity index (χ3n) is 12.7. The first-order valence-electron chi connectivity index (χ1n) is 20.6. The number of ether oxygens (including phenoxy) is 5. The van der Waals surface area contributed by atoms with Crippen molar-refractivity contribution in [3.05, 3.63) is 29.4 Å². The molecule has 60 heavy (non-hydrogen) atoms. The molecule has 3 aliphatic rings. The number of pyridine rings is 1. The van der Waals surface area contributed by atoms with Gasteiger partial charge in [0.05, 0.1) is 17.8 Å². The molecule has 0 spiro atoms. The molecule has 15 atom stereocenters. The Morgan fingerprint density at radius 1 is 1.07 bits per heavy atom. The van der Waals surface area contributed by atoms with Crippen LogP contribution >= 0.6 is 11.3 Å². The summed E-state index contributed by atoms with van der Waals surface area (Å²) in [5, 5.41) is 25.1. The summed E-state index contributed by atoms with van der Waals surface area (Å²) in [5.41, 5.74) is 4.33. The third kappa shape index (κ3) is 9.43. The van der Waals surface area contributed by atoms with E-state index in [1.165, 1.54) is 25.4 Å². The number of esters is 2. The number of Topliss-reactive ketones (excluding diaryl/α,β-unsaturated/α-hetero) is 2. The van der Waals surface area contributed by atoms with Crippen LogP contribution in [-0.4, -0.2) is 124 Å². The largest absolute Gasteiger partial charge is 0.458 e. The van der Waals surface area contributed by atoms with Gasteiger partial charge in [0.1, 0.15) is 35.5 Å². The Kier molecular flexibility index (Phi) is 14.9. The molecule has 0 aromatic carbocycles. The molecular weight excluding hydrogens is 797 g/mol. The predicted molar refractivity (Wildman–Crippen MR) is 220 cm³/mol. The lowest BCUT2D eigenvalue weighted by atomic mass is 9.67. The average molecular weight is 859 g/mol. The SMILES string of the molecule is CC[C@H]1OC(=O)[C@H](C)C(=O)[C@H](C)[C@@H](O[C@@H]2O[C@H](C)C[C@H](N(C)C)[C@H]2O)[C@](C)(OC)C[C@@H](C)C(=O)[C@H](C)[C@H]2[C@H](/C(N)=N/O[C@@H](C)c3nnc(-c4ccccn4)s3)C(=O)O[C@@]21C. The lowest BCUT2D eigenvalue weighted by Gasteiger charge is -2.47. The number of nitrogens with zero attached hydrogens (tertiary/aromatic N) is 5. The van der Waals surface area contributed by atoms with Crippen molar-refractivity contribution < 1.29 is 52.8 Å². The number of ketones is 2. The second kappa shape index (κ2) is 19.0. The van der Waals surface area contributed by atoms with Crippen molar-refractivity contribution in [3.63, 3.8) is 0 Å². The molecule has 0 bridgehead atoms. The number of nitrogens with two attached hydrogens (primary N) is 1. The van der Waals surface area contributed by atoms with Gasteiger partial charge in [-0.15, -0.1) is 10.2 Å². The number of methoxy groups -OCH3 is 1.